The van der Waals surface area contributed by atoms with Crippen molar-refractivity contribution in [2.75, 3.05) is 51.1 Å². The van der Waals surface area contributed by atoms with E-state index in [1.54, 1.807) is 0 Å². The van der Waals surface area contributed by atoms with Crippen LogP contribution in [0.4, 0.5) is 11.4 Å². The van der Waals surface area contributed by atoms with Crippen molar-refractivity contribution in [3.63, 3.8) is 0 Å². The van der Waals surface area contributed by atoms with E-state index in [9.17, 15) is 0 Å². The summed E-state index contributed by atoms with van der Waals surface area (Å²) in [5, 5.41) is 0. The van der Waals surface area contributed by atoms with Crippen molar-refractivity contribution >= 4 is 28.2 Å². The normalized spacial score (nSPS) is 12.4. The summed E-state index contributed by atoms with van der Waals surface area (Å²) < 4.78 is 2.43. The second-order valence-corrected chi connectivity index (χ2v) is 9.11. The molecule has 0 amide bonds. The van der Waals surface area contributed by atoms with Crippen LogP contribution in [0.25, 0.3) is 11.1 Å². The number of hydrogen-bond donors (Lipinski definition) is 0. The molecule has 0 N–H and O–H groups in total. The van der Waals surface area contributed by atoms with Crippen LogP contribution >= 0.6 is 0 Å². The van der Waals surface area contributed by atoms with Crippen molar-refractivity contribution in [2.45, 2.75) is 13.8 Å². The van der Waals surface area contributed by atoms with Gasteiger partial charge in [-0.15, -0.1) is 0 Å². The monoisotopic (exact) mass is 450 g/mol. The van der Waals surface area contributed by atoms with Crippen LogP contribution in [0.3, 0.4) is 0 Å². The van der Waals surface area contributed by atoms with Crippen molar-refractivity contribution in [1.82, 2.24) is 0 Å². The summed E-state index contributed by atoms with van der Waals surface area (Å²) in [6.45, 7) is 6.44. The predicted octanol–water partition coefficient (Wildman–Crippen LogP) is 6.19. The van der Waals surface area contributed by atoms with Gasteiger partial charge in [-0.05, 0) is 78.1 Å². The minimum atomic E-state index is 0.994. The van der Waals surface area contributed by atoms with Crippen LogP contribution < -0.4 is 9.80 Å². The van der Waals surface area contributed by atoms with Crippen LogP contribution in [-0.4, -0.2) is 51.6 Å². The van der Waals surface area contributed by atoms with Gasteiger partial charge in [-0.1, -0.05) is 42.5 Å². The molecular weight excluding hydrogens is 414 g/mol. The van der Waals surface area contributed by atoms with Gasteiger partial charge in [0.25, 0.3) is 0 Å². The van der Waals surface area contributed by atoms with Crippen molar-refractivity contribution in [1.29, 1.82) is 0 Å². The fourth-order valence-corrected chi connectivity index (χ4v) is 4.67. The third-order valence-corrected chi connectivity index (χ3v) is 6.62. The smallest absolute Gasteiger partial charge is 0.207 e. The van der Waals surface area contributed by atoms with E-state index in [4.69, 9.17) is 0 Å². The van der Waals surface area contributed by atoms with E-state index in [0.29, 0.717) is 0 Å². The first kappa shape index (κ1) is 23.6. The molecule has 0 radical (unpaired) electrons. The average Bonchev–Trinajstić information content (AvgIpc) is 2.86. The van der Waals surface area contributed by atoms with Crippen molar-refractivity contribution < 1.29 is 4.58 Å². The van der Waals surface area contributed by atoms with Crippen molar-refractivity contribution in [2.24, 2.45) is 0 Å². The Morgan fingerprint density at radius 2 is 1.09 bits per heavy atom. The fraction of sp³-hybridized carbons (Fsp3) is 0.258. The minimum absolute atomic E-state index is 0.994. The Kier molecular flexibility index (Phi) is 7.02. The summed E-state index contributed by atoms with van der Waals surface area (Å²) in [6, 6.07) is 26.6. The van der Waals surface area contributed by atoms with E-state index in [1.165, 1.54) is 50.5 Å². The number of fused-ring (bicyclic) bond motifs is 1. The van der Waals surface area contributed by atoms with E-state index < -0.39 is 0 Å². The molecule has 0 saturated heterocycles. The lowest BCUT2D eigenvalue weighted by Crippen LogP contribution is -2.23. The molecule has 34 heavy (non-hydrogen) atoms. The summed E-state index contributed by atoms with van der Waals surface area (Å²) in [7, 11) is 8.33. The summed E-state index contributed by atoms with van der Waals surface area (Å²) in [5.74, 6) is 0. The van der Waals surface area contributed by atoms with E-state index in [0.717, 1.165) is 13.1 Å². The van der Waals surface area contributed by atoms with Crippen LogP contribution in [0.5, 0.6) is 0 Å². The molecule has 0 bridgehead atoms. The van der Waals surface area contributed by atoms with Crippen molar-refractivity contribution in [3.8, 4) is 0 Å². The Labute approximate surface area is 205 Å². The first-order valence-corrected chi connectivity index (χ1v) is 12.1. The molecule has 0 unspecified atom stereocenters. The summed E-state index contributed by atoms with van der Waals surface area (Å²) in [6.07, 6.45) is 4.61. The first-order chi connectivity index (χ1) is 16.4. The van der Waals surface area contributed by atoms with Crippen LogP contribution in [0.2, 0.25) is 0 Å². The molecule has 3 aromatic rings. The number of allylic oxidation sites excluding steroid dienone is 3. The van der Waals surface area contributed by atoms with E-state index >= 15 is 0 Å². The molecule has 0 spiro atoms. The van der Waals surface area contributed by atoms with Gasteiger partial charge in [0.15, 0.2) is 0 Å². The Morgan fingerprint density at radius 3 is 1.53 bits per heavy atom. The largest absolute Gasteiger partial charge is 0.378 e. The molecular formula is C31H36N3+. The molecule has 1 aliphatic carbocycles. The third-order valence-electron chi connectivity index (χ3n) is 6.62. The SMILES string of the molecule is CC[N+](CC)=C1C=CC(=C(c2ccc(N(C)C)cc2)c2ccc(N(C)C)cc2)c2ccccc21. The molecule has 0 aliphatic heterocycles. The van der Waals surface area contributed by atoms with E-state index in [-0.39, 0.29) is 0 Å². The molecule has 3 heteroatoms. The second kappa shape index (κ2) is 10.1. The van der Waals surface area contributed by atoms with Gasteiger partial charge in [0.2, 0.25) is 5.71 Å². The van der Waals surface area contributed by atoms with Crippen LogP contribution in [0, 0.1) is 0 Å². The van der Waals surface area contributed by atoms with E-state index in [1.807, 2.05) is 0 Å². The Bertz CT molecular complexity index is 1180. The topological polar surface area (TPSA) is 9.49 Å². The number of anilines is 2. The maximum Gasteiger partial charge on any atom is 0.207 e. The van der Waals surface area contributed by atoms with Gasteiger partial charge in [-0.2, -0.15) is 0 Å². The van der Waals surface area contributed by atoms with Gasteiger partial charge in [-0.3, -0.25) is 0 Å². The second-order valence-electron chi connectivity index (χ2n) is 9.11. The predicted molar refractivity (Wildman–Crippen MR) is 148 cm³/mol. The average molecular weight is 451 g/mol. The quantitative estimate of drug-likeness (QED) is 0.414. The number of rotatable bonds is 6. The highest BCUT2D eigenvalue weighted by atomic mass is 15.1. The highest BCUT2D eigenvalue weighted by Crippen LogP contribution is 2.38. The molecule has 0 fully saturated rings. The van der Waals surface area contributed by atoms with Crippen LogP contribution in [0.15, 0.2) is 84.9 Å². The highest BCUT2D eigenvalue weighted by molar-refractivity contribution is 6.17. The fourth-order valence-electron chi connectivity index (χ4n) is 4.67. The molecule has 174 valence electrons. The lowest BCUT2D eigenvalue weighted by molar-refractivity contribution is -0.519. The van der Waals surface area contributed by atoms with Gasteiger partial charge >= 0.3 is 0 Å². The van der Waals surface area contributed by atoms with Gasteiger partial charge < -0.3 is 9.80 Å². The molecule has 0 atom stereocenters. The summed E-state index contributed by atoms with van der Waals surface area (Å²) in [5.41, 5.74) is 11.3. The van der Waals surface area contributed by atoms with Crippen LogP contribution in [0.1, 0.15) is 36.1 Å². The molecule has 0 saturated carbocycles. The zero-order chi connectivity index (χ0) is 24.2. The van der Waals surface area contributed by atoms with Crippen LogP contribution in [-0.2, 0) is 0 Å². The highest BCUT2D eigenvalue weighted by Gasteiger charge is 2.24. The summed E-state index contributed by atoms with van der Waals surface area (Å²) >= 11 is 0. The van der Waals surface area contributed by atoms with Gasteiger partial charge in [-0.25, -0.2) is 4.58 Å². The minimum Gasteiger partial charge on any atom is -0.378 e. The molecule has 3 aromatic carbocycles. The standard InChI is InChI=1S/C31H36N3/c1-7-34(8-2)30-22-21-29(27-11-9-10-12-28(27)30)31(23-13-17-25(18-14-23)32(3)4)24-15-19-26(20-16-24)33(5)6/h9-22H,7-8H2,1-6H3/q+1. The maximum absolute atomic E-state index is 2.43. The van der Waals surface area contributed by atoms with E-state index in [2.05, 4.69) is 141 Å². The maximum atomic E-state index is 2.43. The molecule has 1 aliphatic rings. The number of hydrogen-bond acceptors (Lipinski definition) is 2. The third kappa shape index (κ3) is 4.56. The number of nitrogens with zero attached hydrogens (tertiary/aromatic N) is 3. The zero-order valence-electron chi connectivity index (χ0n) is 21.3. The molecule has 0 aromatic heterocycles. The Balaban J connectivity index is 1.99. The number of benzene rings is 3. The lowest BCUT2D eigenvalue weighted by Gasteiger charge is -2.21. The molecule has 3 nitrogen and oxygen atoms in total. The Hall–Kier alpha value is -3.59. The first-order valence-electron chi connectivity index (χ1n) is 12.1. The molecule has 0 heterocycles. The zero-order valence-corrected chi connectivity index (χ0v) is 21.3. The van der Waals surface area contributed by atoms with Gasteiger partial charge in [0.1, 0.15) is 13.1 Å². The van der Waals surface area contributed by atoms with Gasteiger partial charge in [0.05, 0.1) is 5.56 Å². The Morgan fingerprint density at radius 1 is 0.618 bits per heavy atom. The van der Waals surface area contributed by atoms with Gasteiger partial charge in [0, 0.05) is 45.6 Å². The molecule has 4 rings (SSSR count). The summed E-state index contributed by atoms with van der Waals surface area (Å²) in [4.78, 5) is 4.28. The lowest BCUT2D eigenvalue weighted by atomic mass is 9.83. The van der Waals surface area contributed by atoms with Crippen molar-refractivity contribution in [3.05, 3.63) is 107 Å².